The summed E-state index contributed by atoms with van der Waals surface area (Å²) >= 11 is 0. The van der Waals surface area contributed by atoms with Gasteiger partial charge in [0, 0.05) is 31.2 Å². The van der Waals surface area contributed by atoms with E-state index in [-0.39, 0.29) is 18.1 Å². The number of para-hydroxylation sites is 1. The zero-order chi connectivity index (χ0) is 13.8. The molecule has 0 aliphatic carbocycles. The van der Waals surface area contributed by atoms with Gasteiger partial charge >= 0.3 is 0 Å². The highest BCUT2D eigenvalue weighted by molar-refractivity contribution is 5.95. The Balaban J connectivity index is 1.51. The Hall–Kier alpha value is -1.39. The number of carbonyl (C=O) groups is 1. The summed E-state index contributed by atoms with van der Waals surface area (Å²) < 4.78 is 11.4. The standard InChI is InChI=1S/C16H21NO3/c18-15-10-13(12-20-16-8-4-5-9-19-16)11-17(15)14-6-2-1-3-7-14/h1-3,6-7,13,16H,4-5,8-12H2. The second-order valence-electron chi connectivity index (χ2n) is 5.54. The van der Waals surface area contributed by atoms with Crippen molar-refractivity contribution in [1.82, 2.24) is 0 Å². The van der Waals surface area contributed by atoms with Crippen LogP contribution >= 0.6 is 0 Å². The monoisotopic (exact) mass is 275 g/mol. The van der Waals surface area contributed by atoms with Crippen LogP contribution in [0.3, 0.4) is 0 Å². The molecule has 2 saturated heterocycles. The van der Waals surface area contributed by atoms with E-state index in [0.29, 0.717) is 13.0 Å². The number of anilines is 1. The van der Waals surface area contributed by atoms with Gasteiger partial charge in [-0.05, 0) is 31.4 Å². The molecule has 1 amide bonds. The van der Waals surface area contributed by atoms with E-state index in [1.54, 1.807) is 0 Å². The van der Waals surface area contributed by atoms with Crippen LogP contribution in [0.4, 0.5) is 5.69 Å². The van der Waals surface area contributed by atoms with Gasteiger partial charge in [-0.3, -0.25) is 4.79 Å². The molecule has 1 aromatic rings. The van der Waals surface area contributed by atoms with Crippen LogP contribution in [0, 0.1) is 5.92 Å². The molecule has 0 bridgehead atoms. The van der Waals surface area contributed by atoms with Crippen molar-refractivity contribution in [3.63, 3.8) is 0 Å². The molecule has 108 valence electrons. The number of nitrogens with zero attached hydrogens (tertiary/aromatic N) is 1. The molecule has 20 heavy (non-hydrogen) atoms. The van der Waals surface area contributed by atoms with Crippen molar-refractivity contribution in [3.05, 3.63) is 30.3 Å². The molecule has 2 unspecified atom stereocenters. The fourth-order valence-corrected chi connectivity index (χ4v) is 2.84. The van der Waals surface area contributed by atoms with Gasteiger partial charge in [0.1, 0.15) is 0 Å². The lowest BCUT2D eigenvalue weighted by Gasteiger charge is -2.24. The number of hydrogen-bond donors (Lipinski definition) is 0. The Morgan fingerprint density at radius 3 is 2.85 bits per heavy atom. The molecule has 4 nitrogen and oxygen atoms in total. The topological polar surface area (TPSA) is 38.8 Å². The molecular formula is C16H21NO3. The third kappa shape index (κ3) is 3.19. The first-order valence-electron chi connectivity index (χ1n) is 7.41. The summed E-state index contributed by atoms with van der Waals surface area (Å²) in [5, 5.41) is 0. The Bertz CT molecular complexity index is 442. The molecule has 2 heterocycles. The normalized spacial score (nSPS) is 27.0. The number of benzene rings is 1. The van der Waals surface area contributed by atoms with Crippen LogP contribution in [0.15, 0.2) is 30.3 Å². The molecular weight excluding hydrogens is 254 g/mol. The highest BCUT2D eigenvalue weighted by atomic mass is 16.7. The predicted molar refractivity (Wildman–Crippen MR) is 76.4 cm³/mol. The van der Waals surface area contributed by atoms with E-state index in [1.165, 1.54) is 6.42 Å². The maximum atomic E-state index is 12.1. The van der Waals surface area contributed by atoms with Crippen LogP contribution in [-0.2, 0) is 14.3 Å². The van der Waals surface area contributed by atoms with Crippen molar-refractivity contribution in [2.45, 2.75) is 32.0 Å². The third-order valence-electron chi connectivity index (χ3n) is 3.93. The fourth-order valence-electron chi connectivity index (χ4n) is 2.84. The molecule has 2 aliphatic heterocycles. The summed E-state index contributed by atoms with van der Waals surface area (Å²) in [6.45, 7) is 2.15. The SMILES string of the molecule is O=C1CC(COC2CCCCO2)CN1c1ccccc1. The zero-order valence-corrected chi connectivity index (χ0v) is 11.7. The first kappa shape index (κ1) is 13.6. The van der Waals surface area contributed by atoms with Crippen molar-refractivity contribution in [1.29, 1.82) is 0 Å². The van der Waals surface area contributed by atoms with Gasteiger partial charge in [-0.15, -0.1) is 0 Å². The largest absolute Gasteiger partial charge is 0.353 e. The van der Waals surface area contributed by atoms with Crippen LogP contribution < -0.4 is 4.90 Å². The Morgan fingerprint density at radius 2 is 2.10 bits per heavy atom. The molecule has 3 rings (SSSR count). The number of ether oxygens (including phenoxy) is 2. The highest BCUT2D eigenvalue weighted by Gasteiger charge is 2.31. The second kappa shape index (κ2) is 6.37. The Morgan fingerprint density at radius 1 is 1.25 bits per heavy atom. The smallest absolute Gasteiger partial charge is 0.227 e. The lowest BCUT2D eigenvalue weighted by atomic mass is 10.1. The van der Waals surface area contributed by atoms with Gasteiger partial charge in [0.2, 0.25) is 5.91 Å². The van der Waals surface area contributed by atoms with Gasteiger partial charge in [-0.25, -0.2) is 0 Å². The van der Waals surface area contributed by atoms with Crippen LogP contribution in [-0.4, -0.2) is 32.0 Å². The summed E-state index contributed by atoms with van der Waals surface area (Å²) in [5.41, 5.74) is 0.980. The average molecular weight is 275 g/mol. The maximum Gasteiger partial charge on any atom is 0.227 e. The first-order valence-corrected chi connectivity index (χ1v) is 7.41. The number of carbonyl (C=O) groups excluding carboxylic acids is 1. The minimum Gasteiger partial charge on any atom is -0.353 e. The zero-order valence-electron chi connectivity index (χ0n) is 11.7. The lowest BCUT2D eigenvalue weighted by molar-refractivity contribution is -0.168. The summed E-state index contributed by atoms with van der Waals surface area (Å²) in [6.07, 6.45) is 3.78. The second-order valence-corrected chi connectivity index (χ2v) is 5.54. The Kier molecular flexibility index (Phi) is 4.33. The summed E-state index contributed by atoms with van der Waals surface area (Å²) in [6, 6.07) is 9.84. The van der Waals surface area contributed by atoms with Crippen molar-refractivity contribution in [2.24, 2.45) is 5.92 Å². The third-order valence-corrected chi connectivity index (χ3v) is 3.93. The molecule has 0 aromatic heterocycles. The fraction of sp³-hybridized carbons (Fsp3) is 0.562. The molecule has 2 atom stereocenters. The Labute approximate surface area is 119 Å². The number of rotatable bonds is 4. The van der Waals surface area contributed by atoms with Crippen molar-refractivity contribution >= 4 is 11.6 Å². The maximum absolute atomic E-state index is 12.1. The van der Waals surface area contributed by atoms with Crippen LogP contribution in [0.5, 0.6) is 0 Å². The number of amides is 1. The van der Waals surface area contributed by atoms with E-state index in [4.69, 9.17) is 9.47 Å². The molecule has 1 aromatic carbocycles. The van der Waals surface area contributed by atoms with Gasteiger partial charge in [0.05, 0.1) is 6.61 Å². The van der Waals surface area contributed by atoms with Crippen molar-refractivity contribution < 1.29 is 14.3 Å². The lowest BCUT2D eigenvalue weighted by Crippen LogP contribution is -2.27. The summed E-state index contributed by atoms with van der Waals surface area (Å²) in [4.78, 5) is 13.9. The molecule has 0 spiro atoms. The van der Waals surface area contributed by atoms with Crippen LogP contribution in [0.2, 0.25) is 0 Å². The summed E-state index contributed by atoms with van der Waals surface area (Å²) in [7, 11) is 0. The highest BCUT2D eigenvalue weighted by Crippen LogP contribution is 2.25. The molecule has 0 N–H and O–H groups in total. The van der Waals surface area contributed by atoms with E-state index in [1.807, 2.05) is 35.2 Å². The summed E-state index contributed by atoms with van der Waals surface area (Å²) in [5.74, 6) is 0.461. The molecule has 4 heteroatoms. The van der Waals surface area contributed by atoms with Gasteiger partial charge < -0.3 is 14.4 Å². The van der Waals surface area contributed by atoms with Crippen molar-refractivity contribution in [2.75, 3.05) is 24.7 Å². The molecule has 0 radical (unpaired) electrons. The van der Waals surface area contributed by atoms with E-state index in [9.17, 15) is 4.79 Å². The van der Waals surface area contributed by atoms with E-state index in [0.717, 1.165) is 31.7 Å². The molecule has 0 saturated carbocycles. The van der Waals surface area contributed by atoms with E-state index >= 15 is 0 Å². The van der Waals surface area contributed by atoms with Gasteiger partial charge in [-0.1, -0.05) is 18.2 Å². The number of hydrogen-bond acceptors (Lipinski definition) is 3. The van der Waals surface area contributed by atoms with Crippen LogP contribution in [0.25, 0.3) is 0 Å². The van der Waals surface area contributed by atoms with Crippen molar-refractivity contribution in [3.8, 4) is 0 Å². The predicted octanol–water partition coefficient (Wildman–Crippen LogP) is 2.58. The molecule has 2 aliphatic rings. The van der Waals surface area contributed by atoms with Gasteiger partial charge in [0.15, 0.2) is 6.29 Å². The van der Waals surface area contributed by atoms with Gasteiger partial charge in [0.25, 0.3) is 0 Å². The quantitative estimate of drug-likeness (QED) is 0.847. The minimum atomic E-state index is -0.0652. The van der Waals surface area contributed by atoms with Crippen LogP contribution in [0.1, 0.15) is 25.7 Å². The van der Waals surface area contributed by atoms with E-state index in [2.05, 4.69) is 0 Å². The first-order chi connectivity index (χ1) is 9.83. The minimum absolute atomic E-state index is 0.0652. The van der Waals surface area contributed by atoms with Gasteiger partial charge in [-0.2, -0.15) is 0 Å². The average Bonchev–Trinajstić information content (AvgIpc) is 2.88. The molecule has 2 fully saturated rings. The van der Waals surface area contributed by atoms with E-state index < -0.39 is 0 Å².